The average Bonchev–Trinajstić information content (AvgIpc) is 2.64. The predicted molar refractivity (Wildman–Crippen MR) is 50.9 cm³/mol. The molecule has 0 aliphatic carbocycles. The second-order valence-corrected chi connectivity index (χ2v) is 3.30. The van der Waals surface area contributed by atoms with Gasteiger partial charge in [0, 0.05) is 5.39 Å². The fourth-order valence-corrected chi connectivity index (χ4v) is 1.96. The first-order chi connectivity index (χ1) is 6.36. The predicted octanol–water partition coefficient (Wildman–Crippen LogP) is 2.18. The maximum absolute atomic E-state index is 8.80. The van der Waals surface area contributed by atoms with E-state index in [0.717, 1.165) is 15.8 Å². The minimum absolute atomic E-state index is 0.643. The summed E-state index contributed by atoms with van der Waals surface area (Å²) in [5.74, 6) is 0.775. The number of rotatable bonds is 1. The van der Waals surface area contributed by atoms with E-state index in [2.05, 4.69) is 10.4 Å². The molecule has 13 heavy (non-hydrogen) atoms. The quantitative estimate of drug-likeness (QED) is 0.692. The molecule has 0 aliphatic heterocycles. The van der Waals surface area contributed by atoms with Gasteiger partial charge in [0.25, 0.3) is 0 Å². The van der Waals surface area contributed by atoms with Crippen molar-refractivity contribution < 1.29 is 4.74 Å². The molecule has 1 heterocycles. The van der Waals surface area contributed by atoms with Gasteiger partial charge in [0.1, 0.15) is 5.75 Å². The summed E-state index contributed by atoms with van der Waals surface area (Å²) in [6.07, 6.45) is 1.70. The van der Waals surface area contributed by atoms with Crippen LogP contribution in [0, 0.1) is 11.3 Å². The van der Waals surface area contributed by atoms with Crippen LogP contribution in [-0.2, 0) is 0 Å². The summed E-state index contributed by atoms with van der Waals surface area (Å²) < 4.78 is 10.1. The van der Waals surface area contributed by atoms with Crippen molar-refractivity contribution in [2.75, 3.05) is 7.11 Å². The molecule has 2 aromatic rings. The summed E-state index contributed by atoms with van der Waals surface area (Å²) in [6.45, 7) is 0. The third kappa shape index (κ3) is 1.14. The minimum Gasteiger partial charge on any atom is -0.495 e. The van der Waals surface area contributed by atoms with Gasteiger partial charge >= 0.3 is 0 Å². The van der Waals surface area contributed by atoms with Crippen molar-refractivity contribution in [1.82, 2.24) is 4.37 Å². The van der Waals surface area contributed by atoms with Crippen LogP contribution in [0.4, 0.5) is 0 Å². The van der Waals surface area contributed by atoms with E-state index in [1.54, 1.807) is 25.4 Å². The highest BCUT2D eigenvalue weighted by Crippen LogP contribution is 2.30. The van der Waals surface area contributed by atoms with Gasteiger partial charge in [-0.1, -0.05) is 0 Å². The number of methoxy groups -OCH3 is 1. The Kier molecular flexibility index (Phi) is 1.87. The first kappa shape index (κ1) is 8.02. The number of ether oxygens (including phenoxy) is 1. The lowest BCUT2D eigenvalue weighted by Gasteiger charge is -2.00. The van der Waals surface area contributed by atoms with Crippen LogP contribution in [0.15, 0.2) is 18.3 Å². The third-order valence-electron chi connectivity index (χ3n) is 1.83. The molecule has 0 atom stereocenters. The first-order valence-corrected chi connectivity index (χ1v) is 4.45. The molecule has 0 radical (unpaired) electrons. The smallest absolute Gasteiger partial charge is 0.138 e. The van der Waals surface area contributed by atoms with E-state index >= 15 is 0 Å². The Hall–Kier alpha value is -1.60. The van der Waals surface area contributed by atoms with Gasteiger partial charge in [-0.3, -0.25) is 0 Å². The molecule has 0 saturated heterocycles. The summed E-state index contributed by atoms with van der Waals surface area (Å²) in [5, 5.41) is 9.67. The Balaban J connectivity index is 2.83. The summed E-state index contributed by atoms with van der Waals surface area (Å²) in [5.41, 5.74) is 0.643. The molecule has 2 rings (SSSR count). The van der Waals surface area contributed by atoms with Crippen molar-refractivity contribution in [2.24, 2.45) is 0 Å². The normalized spacial score (nSPS) is 9.85. The Morgan fingerprint density at radius 1 is 1.54 bits per heavy atom. The number of benzene rings is 1. The van der Waals surface area contributed by atoms with Crippen LogP contribution in [0.5, 0.6) is 5.75 Å². The molecular formula is C9H6N2OS. The molecule has 0 fully saturated rings. The Labute approximate surface area is 79.4 Å². The number of aromatic nitrogens is 1. The van der Waals surface area contributed by atoms with E-state index in [0.29, 0.717) is 5.56 Å². The van der Waals surface area contributed by atoms with Crippen molar-refractivity contribution in [3.05, 3.63) is 23.9 Å². The van der Waals surface area contributed by atoms with Gasteiger partial charge in [-0.15, -0.1) is 0 Å². The molecule has 0 unspecified atom stereocenters. The maximum atomic E-state index is 8.80. The number of fused-ring (bicyclic) bond motifs is 1. The monoisotopic (exact) mass is 190 g/mol. The maximum Gasteiger partial charge on any atom is 0.138 e. The topological polar surface area (TPSA) is 45.9 Å². The van der Waals surface area contributed by atoms with Gasteiger partial charge in [0.2, 0.25) is 0 Å². The largest absolute Gasteiger partial charge is 0.495 e. The molecule has 0 saturated carbocycles. The SMILES string of the molecule is COc1ccc(C#N)c2cnsc12. The minimum atomic E-state index is 0.643. The Morgan fingerprint density at radius 2 is 2.38 bits per heavy atom. The molecule has 0 spiro atoms. The van der Waals surface area contributed by atoms with Gasteiger partial charge in [-0.25, -0.2) is 0 Å². The molecule has 1 aromatic heterocycles. The number of hydrogen-bond donors (Lipinski definition) is 0. The van der Waals surface area contributed by atoms with Gasteiger partial charge in [-0.05, 0) is 23.7 Å². The summed E-state index contributed by atoms with van der Waals surface area (Å²) in [7, 11) is 1.61. The van der Waals surface area contributed by atoms with Crippen LogP contribution in [-0.4, -0.2) is 11.5 Å². The average molecular weight is 190 g/mol. The molecule has 4 heteroatoms. The standard InChI is InChI=1S/C9H6N2OS/c1-12-8-3-2-6(4-10)7-5-11-13-9(7)8/h2-3,5H,1H3. The fourth-order valence-electron chi connectivity index (χ4n) is 1.19. The Morgan fingerprint density at radius 3 is 3.08 bits per heavy atom. The van der Waals surface area contributed by atoms with Crippen LogP contribution in [0.3, 0.4) is 0 Å². The van der Waals surface area contributed by atoms with Crippen molar-refractivity contribution in [1.29, 1.82) is 5.26 Å². The highest BCUT2D eigenvalue weighted by atomic mass is 32.1. The molecule has 0 N–H and O–H groups in total. The lowest BCUT2D eigenvalue weighted by atomic mass is 10.1. The van der Waals surface area contributed by atoms with Gasteiger partial charge in [0.05, 0.1) is 29.6 Å². The van der Waals surface area contributed by atoms with Crippen LogP contribution in [0.2, 0.25) is 0 Å². The molecule has 0 amide bonds. The highest BCUT2D eigenvalue weighted by Gasteiger charge is 2.07. The van der Waals surface area contributed by atoms with E-state index in [-0.39, 0.29) is 0 Å². The van der Waals surface area contributed by atoms with Crippen LogP contribution in [0.25, 0.3) is 10.1 Å². The zero-order valence-corrected chi connectivity index (χ0v) is 7.76. The molecule has 0 bridgehead atoms. The van der Waals surface area contributed by atoms with Crippen LogP contribution >= 0.6 is 11.5 Å². The summed E-state index contributed by atoms with van der Waals surface area (Å²) >= 11 is 1.34. The molecule has 1 aromatic carbocycles. The zero-order chi connectivity index (χ0) is 9.26. The molecule has 64 valence electrons. The fraction of sp³-hybridized carbons (Fsp3) is 0.111. The van der Waals surface area contributed by atoms with Gasteiger partial charge < -0.3 is 4.74 Å². The highest BCUT2D eigenvalue weighted by molar-refractivity contribution is 7.13. The van der Waals surface area contributed by atoms with Crippen LogP contribution < -0.4 is 4.74 Å². The lowest BCUT2D eigenvalue weighted by Crippen LogP contribution is -1.83. The van der Waals surface area contributed by atoms with Crippen LogP contribution in [0.1, 0.15) is 5.56 Å². The molecule has 0 aliphatic rings. The van der Waals surface area contributed by atoms with Gasteiger partial charge in [0.15, 0.2) is 0 Å². The summed E-state index contributed by atoms with van der Waals surface area (Å²) in [4.78, 5) is 0. The third-order valence-corrected chi connectivity index (χ3v) is 2.64. The van der Waals surface area contributed by atoms with E-state index in [1.165, 1.54) is 11.5 Å². The van der Waals surface area contributed by atoms with E-state index in [4.69, 9.17) is 10.00 Å². The number of nitrogens with zero attached hydrogens (tertiary/aromatic N) is 2. The van der Waals surface area contributed by atoms with Gasteiger partial charge in [-0.2, -0.15) is 9.64 Å². The summed E-state index contributed by atoms with van der Waals surface area (Å²) in [6, 6.07) is 5.65. The Bertz CT molecular complexity index is 484. The van der Waals surface area contributed by atoms with Crippen molar-refractivity contribution in [2.45, 2.75) is 0 Å². The van der Waals surface area contributed by atoms with E-state index < -0.39 is 0 Å². The second kappa shape index (κ2) is 3.04. The lowest BCUT2D eigenvalue weighted by molar-refractivity contribution is 0.420. The van der Waals surface area contributed by atoms with Crippen molar-refractivity contribution in [3.63, 3.8) is 0 Å². The number of hydrogen-bond acceptors (Lipinski definition) is 4. The number of nitriles is 1. The molecular weight excluding hydrogens is 184 g/mol. The van der Waals surface area contributed by atoms with E-state index in [1.807, 2.05) is 0 Å². The van der Waals surface area contributed by atoms with Crippen molar-refractivity contribution >= 4 is 21.6 Å². The first-order valence-electron chi connectivity index (χ1n) is 3.68. The van der Waals surface area contributed by atoms with Crippen molar-refractivity contribution in [3.8, 4) is 11.8 Å². The van der Waals surface area contributed by atoms with E-state index in [9.17, 15) is 0 Å². The zero-order valence-electron chi connectivity index (χ0n) is 6.94. The molecule has 3 nitrogen and oxygen atoms in total. The second-order valence-electron chi connectivity index (χ2n) is 2.50.